The van der Waals surface area contributed by atoms with Crippen molar-refractivity contribution in [3.05, 3.63) is 29.3 Å². The summed E-state index contributed by atoms with van der Waals surface area (Å²) in [7, 11) is 0. The third kappa shape index (κ3) is 4.47. The molecule has 174 valence electrons. The predicted octanol–water partition coefficient (Wildman–Crippen LogP) is 1.71. The Morgan fingerprint density at radius 1 is 1.12 bits per heavy atom. The van der Waals surface area contributed by atoms with Crippen molar-refractivity contribution in [2.75, 3.05) is 57.3 Å². The van der Waals surface area contributed by atoms with Gasteiger partial charge >= 0.3 is 0 Å². The lowest BCUT2D eigenvalue weighted by molar-refractivity contribution is -0.141. The van der Waals surface area contributed by atoms with Crippen molar-refractivity contribution in [3.8, 4) is 0 Å². The molecular formula is C24H34ClN5O2. The molecule has 4 aliphatic heterocycles. The SMILES string of the molecule is O=C(C1CCN1)N1CCC2(CC1)C[C@H](CCN1CCN(c3cccc(Cl)c3)CC1)NC2=O. The first-order valence-corrected chi connectivity index (χ1v) is 12.5. The van der Waals surface area contributed by atoms with E-state index >= 15 is 0 Å². The van der Waals surface area contributed by atoms with Crippen LogP contribution in [-0.4, -0.2) is 86.1 Å². The molecule has 2 N–H and O–H groups in total. The summed E-state index contributed by atoms with van der Waals surface area (Å²) in [5, 5.41) is 7.26. The molecule has 7 nitrogen and oxygen atoms in total. The van der Waals surface area contributed by atoms with E-state index in [0.29, 0.717) is 13.1 Å². The van der Waals surface area contributed by atoms with Gasteiger partial charge in [0.25, 0.3) is 0 Å². The van der Waals surface area contributed by atoms with Crippen LogP contribution < -0.4 is 15.5 Å². The standard InChI is InChI=1S/C24H34ClN5O2/c25-18-2-1-3-20(16-18)29-14-12-28(13-15-29)9-5-19-17-24(23(32)27-19)6-10-30(11-7-24)22(31)21-4-8-26-21/h1-3,16,19,21,26H,4-15,17H2,(H,27,32)/t19-,21?/m0/s1. The van der Waals surface area contributed by atoms with E-state index in [0.717, 1.165) is 76.4 Å². The molecule has 4 fully saturated rings. The van der Waals surface area contributed by atoms with E-state index in [1.165, 1.54) is 5.69 Å². The number of nitrogens with one attached hydrogen (secondary N) is 2. The number of amides is 2. The maximum Gasteiger partial charge on any atom is 0.239 e. The van der Waals surface area contributed by atoms with Gasteiger partial charge in [-0.05, 0) is 56.8 Å². The van der Waals surface area contributed by atoms with Crippen LogP contribution in [0.4, 0.5) is 5.69 Å². The molecule has 4 aliphatic rings. The molecule has 0 saturated carbocycles. The van der Waals surface area contributed by atoms with Crippen molar-refractivity contribution in [1.82, 2.24) is 20.4 Å². The highest BCUT2D eigenvalue weighted by Gasteiger charge is 2.49. The molecule has 5 rings (SSSR count). The second kappa shape index (κ2) is 9.20. The van der Waals surface area contributed by atoms with E-state index in [-0.39, 0.29) is 29.3 Å². The summed E-state index contributed by atoms with van der Waals surface area (Å²) in [6, 6.07) is 8.34. The van der Waals surface area contributed by atoms with Crippen LogP contribution in [0.5, 0.6) is 0 Å². The Bertz CT molecular complexity index is 845. The molecule has 0 aliphatic carbocycles. The largest absolute Gasteiger partial charge is 0.369 e. The number of rotatable bonds is 5. The van der Waals surface area contributed by atoms with Crippen LogP contribution in [0.2, 0.25) is 5.02 Å². The quantitative estimate of drug-likeness (QED) is 0.701. The number of hydrogen-bond acceptors (Lipinski definition) is 5. The van der Waals surface area contributed by atoms with Gasteiger partial charge in [0.2, 0.25) is 11.8 Å². The van der Waals surface area contributed by atoms with E-state index in [2.05, 4.69) is 26.5 Å². The second-order valence-corrected chi connectivity index (χ2v) is 10.3. The van der Waals surface area contributed by atoms with Crippen LogP contribution in [0.25, 0.3) is 0 Å². The Labute approximate surface area is 195 Å². The molecule has 32 heavy (non-hydrogen) atoms. The van der Waals surface area contributed by atoms with Gasteiger partial charge in [-0.3, -0.25) is 14.5 Å². The number of carbonyl (C=O) groups is 2. The van der Waals surface area contributed by atoms with Crippen molar-refractivity contribution in [1.29, 1.82) is 0 Å². The molecule has 8 heteroatoms. The Morgan fingerprint density at radius 3 is 2.53 bits per heavy atom. The van der Waals surface area contributed by atoms with Crippen LogP contribution >= 0.6 is 11.6 Å². The highest BCUT2D eigenvalue weighted by molar-refractivity contribution is 6.30. The van der Waals surface area contributed by atoms with Gasteiger partial charge in [-0.1, -0.05) is 17.7 Å². The minimum absolute atomic E-state index is 0.00791. The number of hydrogen-bond donors (Lipinski definition) is 2. The smallest absolute Gasteiger partial charge is 0.239 e. The van der Waals surface area contributed by atoms with Gasteiger partial charge in [0, 0.05) is 62.6 Å². The molecule has 4 heterocycles. The summed E-state index contributed by atoms with van der Waals surface area (Å²) in [6.07, 6.45) is 4.45. The summed E-state index contributed by atoms with van der Waals surface area (Å²) in [6.45, 7) is 7.44. The molecule has 1 unspecified atom stereocenters. The first kappa shape index (κ1) is 22.0. The number of likely N-dealkylation sites (tertiary alicyclic amines) is 1. The summed E-state index contributed by atoms with van der Waals surface area (Å²) >= 11 is 6.14. The van der Waals surface area contributed by atoms with Gasteiger partial charge in [0.15, 0.2) is 0 Å². The predicted molar refractivity (Wildman–Crippen MR) is 126 cm³/mol. The summed E-state index contributed by atoms with van der Waals surface area (Å²) in [5.74, 6) is 0.431. The minimum atomic E-state index is -0.264. The third-order valence-electron chi connectivity index (χ3n) is 7.95. The van der Waals surface area contributed by atoms with E-state index < -0.39 is 0 Å². The maximum absolute atomic E-state index is 12.9. The van der Waals surface area contributed by atoms with Gasteiger partial charge in [0.05, 0.1) is 11.5 Å². The fraction of sp³-hybridized carbons (Fsp3) is 0.667. The van der Waals surface area contributed by atoms with Crippen molar-refractivity contribution in [3.63, 3.8) is 0 Å². The van der Waals surface area contributed by atoms with E-state index in [9.17, 15) is 9.59 Å². The van der Waals surface area contributed by atoms with Gasteiger partial charge in [-0.25, -0.2) is 0 Å². The number of benzene rings is 1. The average Bonchev–Trinajstić information content (AvgIpc) is 3.06. The molecule has 1 aromatic rings. The maximum atomic E-state index is 12.9. The second-order valence-electron chi connectivity index (χ2n) is 9.87. The van der Waals surface area contributed by atoms with Crippen LogP contribution in [0, 0.1) is 5.41 Å². The zero-order valence-electron chi connectivity index (χ0n) is 18.7. The number of carbonyl (C=O) groups excluding carboxylic acids is 2. The number of halogens is 1. The number of piperidine rings is 1. The fourth-order valence-electron chi connectivity index (χ4n) is 5.68. The van der Waals surface area contributed by atoms with Crippen molar-refractivity contribution >= 4 is 29.1 Å². The van der Waals surface area contributed by atoms with Crippen LogP contribution in [0.3, 0.4) is 0 Å². The zero-order chi connectivity index (χ0) is 22.1. The third-order valence-corrected chi connectivity index (χ3v) is 8.18. The van der Waals surface area contributed by atoms with Crippen molar-refractivity contribution < 1.29 is 9.59 Å². The van der Waals surface area contributed by atoms with Gasteiger partial charge < -0.3 is 20.4 Å². The van der Waals surface area contributed by atoms with E-state index in [1.807, 2.05) is 23.1 Å². The van der Waals surface area contributed by atoms with Gasteiger partial charge in [0.1, 0.15) is 0 Å². The normalized spacial score (nSPS) is 28.0. The van der Waals surface area contributed by atoms with Crippen molar-refractivity contribution in [2.45, 2.75) is 44.2 Å². The molecule has 1 aromatic carbocycles. The Morgan fingerprint density at radius 2 is 1.88 bits per heavy atom. The van der Waals surface area contributed by atoms with Gasteiger partial charge in [-0.15, -0.1) is 0 Å². The highest BCUT2D eigenvalue weighted by atomic mass is 35.5. The van der Waals surface area contributed by atoms with Crippen LogP contribution in [-0.2, 0) is 9.59 Å². The number of anilines is 1. The molecule has 1 spiro atoms. The highest BCUT2D eigenvalue weighted by Crippen LogP contribution is 2.41. The summed E-state index contributed by atoms with van der Waals surface area (Å²) in [4.78, 5) is 32.2. The molecule has 0 bridgehead atoms. The molecule has 0 radical (unpaired) electrons. The number of piperazine rings is 1. The monoisotopic (exact) mass is 459 g/mol. The van der Waals surface area contributed by atoms with Gasteiger partial charge in [-0.2, -0.15) is 0 Å². The van der Waals surface area contributed by atoms with Crippen LogP contribution in [0.1, 0.15) is 32.1 Å². The lowest BCUT2D eigenvalue weighted by Gasteiger charge is -2.40. The summed E-state index contributed by atoms with van der Waals surface area (Å²) < 4.78 is 0. The first-order chi connectivity index (χ1) is 15.5. The molecule has 2 atom stereocenters. The minimum Gasteiger partial charge on any atom is -0.369 e. The Hall–Kier alpha value is -1.83. The Kier molecular flexibility index (Phi) is 6.32. The van der Waals surface area contributed by atoms with E-state index in [1.54, 1.807) is 0 Å². The molecule has 2 amide bonds. The summed E-state index contributed by atoms with van der Waals surface area (Å²) in [5.41, 5.74) is 0.930. The van der Waals surface area contributed by atoms with Crippen molar-refractivity contribution in [2.24, 2.45) is 5.41 Å². The Balaban J connectivity index is 1.06. The zero-order valence-corrected chi connectivity index (χ0v) is 19.4. The molecule has 4 saturated heterocycles. The molecule has 0 aromatic heterocycles. The lowest BCUT2D eigenvalue weighted by Crippen LogP contribution is -2.57. The molecular weight excluding hydrogens is 426 g/mol. The number of nitrogens with zero attached hydrogens (tertiary/aromatic N) is 3. The average molecular weight is 460 g/mol. The van der Waals surface area contributed by atoms with Crippen LogP contribution in [0.15, 0.2) is 24.3 Å². The first-order valence-electron chi connectivity index (χ1n) is 12.1. The van der Waals surface area contributed by atoms with E-state index in [4.69, 9.17) is 11.6 Å². The topological polar surface area (TPSA) is 67.9 Å². The fourth-order valence-corrected chi connectivity index (χ4v) is 5.86. The lowest BCUT2D eigenvalue weighted by atomic mass is 9.75.